The monoisotopic (exact) mass is 203 g/mol. The summed E-state index contributed by atoms with van der Waals surface area (Å²) >= 11 is 0. The zero-order valence-electron chi connectivity index (χ0n) is 9.61. The third kappa shape index (κ3) is 2.51. The lowest BCUT2D eigenvalue weighted by Crippen LogP contribution is -2.32. The van der Waals surface area contributed by atoms with Crippen LogP contribution in [0.15, 0.2) is 24.3 Å². The Kier molecular flexibility index (Phi) is 3.27. The SMILES string of the molecule is CN(C)CCN1[CH]CCc2ccccc21. The molecule has 0 aromatic heterocycles. The van der Waals surface area contributed by atoms with Gasteiger partial charge in [-0.25, -0.2) is 0 Å². The predicted octanol–water partition coefficient (Wildman–Crippen LogP) is 2.16. The average Bonchev–Trinajstić information content (AvgIpc) is 2.26. The molecule has 81 valence electrons. The van der Waals surface area contributed by atoms with Crippen molar-refractivity contribution in [1.82, 2.24) is 4.90 Å². The van der Waals surface area contributed by atoms with Crippen LogP contribution in [-0.4, -0.2) is 32.1 Å². The third-order valence-electron chi connectivity index (χ3n) is 2.85. The molecule has 0 unspecified atom stereocenters. The summed E-state index contributed by atoms with van der Waals surface area (Å²) in [5.41, 5.74) is 2.88. The first kappa shape index (κ1) is 10.5. The molecular formula is C13H19N2. The fraction of sp³-hybridized carbons (Fsp3) is 0.462. The van der Waals surface area contributed by atoms with E-state index < -0.39 is 0 Å². The molecule has 0 aliphatic carbocycles. The van der Waals surface area contributed by atoms with Crippen molar-refractivity contribution < 1.29 is 0 Å². The Morgan fingerprint density at radius 1 is 1.27 bits per heavy atom. The highest BCUT2D eigenvalue weighted by atomic mass is 15.2. The van der Waals surface area contributed by atoms with Crippen molar-refractivity contribution in [2.24, 2.45) is 0 Å². The summed E-state index contributed by atoms with van der Waals surface area (Å²) in [5, 5.41) is 0. The molecule has 1 heterocycles. The van der Waals surface area contributed by atoms with Gasteiger partial charge in [-0.3, -0.25) is 0 Å². The highest BCUT2D eigenvalue weighted by Gasteiger charge is 2.15. The van der Waals surface area contributed by atoms with Crippen LogP contribution in [0.4, 0.5) is 5.69 Å². The van der Waals surface area contributed by atoms with Crippen LogP contribution in [0.3, 0.4) is 0 Å². The molecule has 1 radical (unpaired) electrons. The van der Waals surface area contributed by atoms with E-state index in [1.54, 1.807) is 0 Å². The number of likely N-dealkylation sites (N-methyl/N-ethyl adjacent to an activating group) is 1. The number of aryl methyl sites for hydroxylation is 1. The van der Waals surface area contributed by atoms with Gasteiger partial charge in [0.05, 0.1) is 0 Å². The minimum absolute atomic E-state index is 1.09. The molecule has 1 aromatic rings. The van der Waals surface area contributed by atoms with E-state index in [1.165, 1.54) is 24.1 Å². The molecule has 15 heavy (non-hydrogen) atoms. The lowest BCUT2D eigenvalue weighted by Gasteiger charge is -2.31. The molecule has 0 spiro atoms. The van der Waals surface area contributed by atoms with Crippen LogP contribution in [0.5, 0.6) is 0 Å². The first-order valence-electron chi connectivity index (χ1n) is 5.60. The van der Waals surface area contributed by atoms with Crippen molar-refractivity contribution in [3.8, 4) is 0 Å². The van der Waals surface area contributed by atoms with Crippen LogP contribution in [0, 0.1) is 6.54 Å². The van der Waals surface area contributed by atoms with E-state index in [4.69, 9.17) is 0 Å². The standard InChI is InChI=1S/C13H19N2/c1-14(2)10-11-15-9-5-7-12-6-3-4-8-13(12)15/h3-4,6,8-9H,5,7,10-11H2,1-2H3. The summed E-state index contributed by atoms with van der Waals surface area (Å²) in [4.78, 5) is 4.61. The van der Waals surface area contributed by atoms with Gasteiger partial charge < -0.3 is 9.80 Å². The van der Waals surface area contributed by atoms with Crippen LogP contribution in [-0.2, 0) is 6.42 Å². The summed E-state index contributed by atoms with van der Waals surface area (Å²) in [6.07, 6.45) is 2.36. The molecule has 0 fully saturated rings. The molecule has 0 bridgehead atoms. The summed E-state index contributed by atoms with van der Waals surface area (Å²) in [7, 11) is 4.24. The summed E-state index contributed by atoms with van der Waals surface area (Å²) in [5.74, 6) is 0. The largest absolute Gasteiger partial charge is 0.365 e. The van der Waals surface area contributed by atoms with Crippen LogP contribution < -0.4 is 4.90 Å². The molecular weight excluding hydrogens is 184 g/mol. The maximum Gasteiger partial charge on any atom is 0.0497 e. The molecule has 0 amide bonds. The normalized spacial score (nSPS) is 15.5. The second kappa shape index (κ2) is 4.67. The highest BCUT2D eigenvalue weighted by Crippen LogP contribution is 2.28. The topological polar surface area (TPSA) is 6.48 Å². The minimum Gasteiger partial charge on any atom is -0.365 e. The molecule has 2 rings (SSSR count). The zero-order chi connectivity index (χ0) is 10.7. The van der Waals surface area contributed by atoms with Crippen molar-refractivity contribution in [2.45, 2.75) is 12.8 Å². The number of fused-ring (bicyclic) bond motifs is 1. The Labute approximate surface area is 92.5 Å². The maximum atomic E-state index is 2.39. The summed E-state index contributed by atoms with van der Waals surface area (Å²) in [6.45, 7) is 4.51. The summed E-state index contributed by atoms with van der Waals surface area (Å²) in [6, 6.07) is 8.72. The molecule has 0 saturated heterocycles. The molecule has 0 saturated carbocycles. The second-order valence-corrected chi connectivity index (χ2v) is 4.35. The molecule has 2 heteroatoms. The number of anilines is 1. The number of para-hydroxylation sites is 1. The van der Waals surface area contributed by atoms with Gasteiger partial charge in [0, 0.05) is 25.3 Å². The first-order valence-corrected chi connectivity index (χ1v) is 5.60. The summed E-state index contributed by atoms with van der Waals surface area (Å²) < 4.78 is 0. The lowest BCUT2D eigenvalue weighted by atomic mass is 10.0. The van der Waals surface area contributed by atoms with Gasteiger partial charge in [-0.05, 0) is 38.6 Å². The Morgan fingerprint density at radius 3 is 2.87 bits per heavy atom. The van der Waals surface area contributed by atoms with Crippen molar-refractivity contribution in [3.05, 3.63) is 36.4 Å². The van der Waals surface area contributed by atoms with Gasteiger partial charge in [-0.2, -0.15) is 0 Å². The zero-order valence-corrected chi connectivity index (χ0v) is 9.61. The van der Waals surface area contributed by atoms with Gasteiger partial charge in [0.1, 0.15) is 0 Å². The molecule has 2 nitrogen and oxygen atoms in total. The third-order valence-corrected chi connectivity index (χ3v) is 2.85. The van der Waals surface area contributed by atoms with Crippen molar-refractivity contribution in [1.29, 1.82) is 0 Å². The Hall–Kier alpha value is -1.02. The fourth-order valence-corrected chi connectivity index (χ4v) is 2.00. The lowest BCUT2D eigenvalue weighted by molar-refractivity contribution is 0.415. The number of hydrogen-bond acceptors (Lipinski definition) is 2. The number of rotatable bonds is 3. The molecule has 1 aromatic carbocycles. The van der Waals surface area contributed by atoms with E-state index in [1.807, 2.05) is 0 Å². The van der Waals surface area contributed by atoms with E-state index in [9.17, 15) is 0 Å². The number of nitrogens with zero attached hydrogens (tertiary/aromatic N) is 2. The van der Waals surface area contributed by atoms with E-state index in [0.29, 0.717) is 0 Å². The molecule has 0 N–H and O–H groups in total. The number of hydrogen-bond donors (Lipinski definition) is 0. The first-order chi connectivity index (χ1) is 7.27. The van der Waals surface area contributed by atoms with Gasteiger partial charge in [0.2, 0.25) is 0 Å². The van der Waals surface area contributed by atoms with Gasteiger partial charge in [0.15, 0.2) is 0 Å². The van der Waals surface area contributed by atoms with E-state index in [2.05, 4.69) is 54.7 Å². The van der Waals surface area contributed by atoms with Crippen LogP contribution >= 0.6 is 0 Å². The van der Waals surface area contributed by atoms with Crippen LogP contribution in [0.1, 0.15) is 12.0 Å². The number of benzene rings is 1. The van der Waals surface area contributed by atoms with E-state index in [-0.39, 0.29) is 0 Å². The van der Waals surface area contributed by atoms with Crippen molar-refractivity contribution in [2.75, 3.05) is 32.1 Å². The molecule has 1 aliphatic heterocycles. The van der Waals surface area contributed by atoms with E-state index >= 15 is 0 Å². The van der Waals surface area contributed by atoms with Gasteiger partial charge in [0.25, 0.3) is 0 Å². The predicted molar refractivity (Wildman–Crippen MR) is 65.0 cm³/mol. The van der Waals surface area contributed by atoms with Crippen molar-refractivity contribution >= 4 is 5.69 Å². The minimum atomic E-state index is 1.09. The van der Waals surface area contributed by atoms with Gasteiger partial charge in [-0.15, -0.1) is 0 Å². The van der Waals surface area contributed by atoms with Gasteiger partial charge >= 0.3 is 0 Å². The van der Waals surface area contributed by atoms with Crippen LogP contribution in [0.2, 0.25) is 0 Å². The van der Waals surface area contributed by atoms with Crippen LogP contribution in [0.25, 0.3) is 0 Å². The second-order valence-electron chi connectivity index (χ2n) is 4.35. The smallest absolute Gasteiger partial charge is 0.0497 e. The van der Waals surface area contributed by atoms with Gasteiger partial charge in [-0.1, -0.05) is 18.2 Å². The fourth-order valence-electron chi connectivity index (χ4n) is 2.00. The Balaban J connectivity index is 2.08. The van der Waals surface area contributed by atoms with E-state index in [0.717, 1.165) is 13.1 Å². The Bertz CT molecular complexity index is 320. The quantitative estimate of drug-likeness (QED) is 0.743. The van der Waals surface area contributed by atoms with Crippen molar-refractivity contribution in [3.63, 3.8) is 0 Å². The maximum absolute atomic E-state index is 2.39. The highest BCUT2D eigenvalue weighted by molar-refractivity contribution is 5.57. The molecule has 0 atom stereocenters. The average molecular weight is 203 g/mol. The Morgan fingerprint density at radius 2 is 2.07 bits per heavy atom. The molecule has 1 aliphatic rings.